The Morgan fingerprint density at radius 2 is 2.24 bits per heavy atom. The predicted molar refractivity (Wildman–Crippen MR) is 81.4 cm³/mol. The fourth-order valence-electron chi connectivity index (χ4n) is 2.25. The van der Waals surface area contributed by atoms with Crippen molar-refractivity contribution in [3.63, 3.8) is 0 Å². The van der Waals surface area contributed by atoms with Gasteiger partial charge in [-0.25, -0.2) is 0 Å². The molecule has 1 saturated heterocycles. The minimum atomic E-state index is 0.147. The van der Waals surface area contributed by atoms with Crippen LogP contribution in [0.1, 0.15) is 12.8 Å². The molecule has 0 aromatic heterocycles. The number of benzene rings is 1. The molecular weight excluding hydrogens is 268 g/mol. The zero-order chi connectivity index (χ0) is 14.9. The molecule has 21 heavy (non-hydrogen) atoms. The predicted octanol–water partition coefficient (Wildman–Crippen LogP) is 1.29. The third kappa shape index (κ3) is 5.73. The Kier molecular flexibility index (Phi) is 6.50. The van der Waals surface area contributed by atoms with Crippen molar-refractivity contribution in [1.29, 1.82) is 0 Å². The van der Waals surface area contributed by atoms with Crippen LogP contribution in [0.25, 0.3) is 0 Å². The van der Waals surface area contributed by atoms with Crippen molar-refractivity contribution in [3.8, 4) is 5.75 Å². The molecule has 0 spiro atoms. The van der Waals surface area contributed by atoms with Crippen molar-refractivity contribution in [3.05, 3.63) is 30.3 Å². The lowest BCUT2D eigenvalue weighted by atomic mass is 10.2. The molecular formula is C16H24N2O3. The van der Waals surface area contributed by atoms with Crippen LogP contribution < -0.4 is 10.1 Å². The van der Waals surface area contributed by atoms with E-state index in [4.69, 9.17) is 9.47 Å². The highest BCUT2D eigenvalue weighted by atomic mass is 16.5. The summed E-state index contributed by atoms with van der Waals surface area (Å²) in [6.07, 6.45) is 1.32. The molecule has 1 amide bonds. The van der Waals surface area contributed by atoms with Gasteiger partial charge in [0.2, 0.25) is 5.91 Å². The Labute approximate surface area is 126 Å². The quantitative estimate of drug-likeness (QED) is 0.770. The second kappa shape index (κ2) is 8.64. The summed E-state index contributed by atoms with van der Waals surface area (Å²) in [5.41, 5.74) is 0. The minimum absolute atomic E-state index is 0.147. The van der Waals surface area contributed by atoms with Crippen LogP contribution >= 0.6 is 0 Å². The molecule has 1 aliphatic rings. The zero-order valence-corrected chi connectivity index (χ0v) is 12.6. The fraction of sp³-hybridized carbons (Fsp3) is 0.562. The molecule has 1 heterocycles. The fourth-order valence-corrected chi connectivity index (χ4v) is 2.25. The van der Waals surface area contributed by atoms with E-state index in [1.54, 1.807) is 4.90 Å². The number of nitrogens with one attached hydrogen (secondary N) is 1. The molecule has 1 atom stereocenters. The number of rotatable bonds is 7. The van der Waals surface area contributed by atoms with Gasteiger partial charge in [0.15, 0.2) is 0 Å². The summed E-state index contributed by atoms with van der Waals surface area (Å²) < 4.78 is 11.0. The van der Waals surface area contributed by atoms with Gasteiger partial charge in [-0.2, -0.15) is 0 Å². The lowest BCUT2D eigenvalue weighted by Crippen LogP contribution is -2.44. The van der Waals surface area contributed by atoms with Crippen LogP contribution in [0.2, 0.25) is 0 Å². The molecule has 2 rings (SSSR count). The maximum atomic E-state index is 12.1. The van der Waals surface area contributed by atoms with E-state index in [-0.39, 0.29) is 11.9 Å². The molecule has 1 aromatic carbocycles. The summed E-state index contributed by atoms with van der Waals surface area (Å²) >= 11 is 0. The molecule has 0 radical (unpaired) electrons. The summed E-state index contributed by atoms with van der Waals surface area (Å²) in [7, 11) is 1.84. The molecule has 1 aliphatic heterocycles. The summed E-state index contributed by atoms with van der Waals surface area (Å²) in [5, 5.41) is 3.30. The van der Waals surface area contributed by atoms with Crippen LogP contribution in [0.3, 0.4) is 0 Å². The first kappa shape index (κ1) is 15.8. The van der Waals surface area contributed by atoms with E-state index in [0.717, 1.165) is 25.3 Å². The van der Waals surface area contributed by atoms with Gasteiger partial charge in [0.25, 0.3) is 0 Å². The summed E-state index contributed by atoms with van der Waals surface area (Å²) in [5.74, 6) is 1.02. The zero-order valence-electron chi connectivity index (χ0n) is 12.6. The molecule has 1 fully saturated rings. The minimum Gasteiger partial charge on any atom is -0.494 e. The van der Waals surface area contributed by atoms with E-state index in [0.29, 0.717) is 26.2 Å². The summed E-state index contributed by atoms with van der Waals surface area (Å²) in [6.45, 7) is 3.51. The van der Waals surface area contributed by atoms with Gasteiger partial charge in [-0.3, -0.25) is 4.79 Å². The first-order valence-electron chi connectivity index (χ1n) is 7.48. The molecule has 1 N–H and O–H groups in total. The largest absolute Gasteiger partial charge is 0.494 e. The van der Waals surface area contributed by atoms with Gasteiger partial charge in [0.1, 0.15) is 5.75 Å². The Bertz CT molecular complexity index is 419. The highest BCUT2D eigenvalue weighted by Gasteiger charge is 2.18. The number of para-hydroxylation sites is 1. The molecule has 1 unspecified atom stereocenters. The second-order valence-corrected chi connectivity index (χ2v) is 5.26. The van der Waals surface area contributed by atoms with Crippen LogP contribution in [0.4, 0.5) is 0 Å². The van der Waals surface area contributed by atoms with Crippen LogP contribution in [0.15, 0.2) is 30.3 Å². The van der Waals surface area contributed by atoms with Crippen molar-refractivity contribution >= 4 is 5.91 Å². The number of hydrogen-bond donors (Lipinski definition) is 1. The lowest BCUT2D eigenvalue weighted by Gasteiger charge is -2.25. The topological polar surface area (TPSA) is 50.8 Å². The number of ether oxygens (including phenoxy) is 2. The third-order valence-electron chi connectivity index (χ3n) is 3.50. The molecule has 0 aliphatic carbocycles. The Morgan fingerprint density at radius 3 is 2.95 bits per heavy atom. The highest BCUT2D eigenvalue weighted by molar-refractivity contribution is 5.76. The summed E-state index contributed by atoms with van der Waals surface area (Å²) in [4.78, 5) is 13.8. The maximum Gasteiger partial charge on any atom is 0.223 e. The molecule has 5 nitrogen and oxygen atoms in total. The smallest absolute Gasteiger partial charge is 0.223 e. The molecule has 5 heteroatoms. The monoisotopic (exact) mass is 292 g/mol. The van der Waals surface area contributed by atoms with Crippen molar-refractivity contribution in [2.24, 2.45) is 0 Å². The van der Waals surface area contributed by atoms with Crippen LogP contribution in [0, 0.1) is 0 Å². The van der Waals surface area contributed by atoms with Crippen LogP contribution in [-0.4, -0.2) is 56.8 Å². The van der Waals surface area contributed by atoms with Gasteiger partial charge in [-0.05, 0) is 18.6 Å². The standard InChI is InChI=1S/C16H24N2O3/c1-18(16(19)12-14-13-20-11-8-17-14)9-5-10-21-15-6-3-2-4-7-15/h2-4,6-7,14,17H,5,8-13H2,1H3. The van der Waals surface area contributed by atoms with E-state index >= 15 is 0 Å². The SMILES string of the molecule is CN(CCCOc1ccccc1)C(=O)CC1COCCN1. The second-order valence-electron chi connectivity index (χ2n) is 5.26. The van der Waals surface area contributed by atoms with Gasteiger partial charge in [0.05, 0.1) is 19.8 Å². The van der Waals surface area contributed by atoms with Crippen molar-refractivity contribution in [2.75, 3.05) is 40.0 Å². The van der Waals surface area contributed by atoms with E-state index in [2.05, 4.69) is 5.32 Å². The van der Waals surface area contributed by atoms with E-state index in [1.807, 2.05) is 37.4 Å². The average Bonchev–Trinajstić information content (AvgIpc) is 2.53. The van der Waals surface area contributed by atoms with E-state index < -0.39 is 0 Å². The van der Waals surface area contributed by atoms with Crippen LogP contribution in [0.5, 0.6) is 5.75 Å². The van der Waals surface area contributed by atoms with Gasteiger partial charge in [0, 0.05) is 32.6 Å². The number of carbonyl (C=O) groups excluding carboxylic acids is 1. The van der Waals surface area contributed by atoms with Gasteiger partial charge in [-0.1, -0.05) is 18.2 Å². The number of carbonyl (C=O) groups is 1. The first-order chi connectivity index (χ1) is 10.3. The number of morpholine rings is 1. The highest BCUT2D eigenvalue weighted by Crippen LogP contribution is 2.08. The van der Waals surface area contributed by atoms with Gasteiger partial charge in [-0.15, -0.1) is 0 Å². The number of nitrogens with zero attached hydrogens (tertiary/aromatic N) is 1. The molecule has 0 saturated carbocycles. The Morgan fingerprint density at radius 1 is 1.43 bits per heavy atom. The molecule has 1 aromatic rings. The maximum absolute atomic E-state index is 12.1. The number of hydrogen-bond acceptors (Lipinski definition) is 4. The van der Waals surface area contributed by atoms with Crippen LogP contribution in [-0.2, 0) is 9.53 Å². The first-order valence-corrected chi connectivity index (χ1v) is 7.48. The van der Waals surface area contributed by atoms with E-state index in [1.165, 1.54) is 0 Å². The number of amides is 1. The van der Waals surface area contributed by atoms with Crippen molar-refractivity contribution < 1.29 is 14.3 Å². The summed E-state index contributed by atoms with van der Waals surface area (Å²) in [6, 6.07) is 9.87. The van der Waals surface area contributed by atoms with E-state index in [9.17, 15) is 4.79 Å². The molecule has 0 bridgehead atoms. The van der Waals surface area contributed by atoms with Gasteiger partial charge < -0.3 is 19.7 Å². The average molecular weight is 292 g/mol. The molecule has 116 valence electrons. The van der Waals surface area contributed by atoms with Gasteiger partial charge >= 0.3 is 0 Å². The Hall–Kier alpha value is -1.59. The third-order valence-corrected chi connectivity index (χ3v) is 3.50. The van der Waals surface area contributed by atoms with Crippen molar-refractivity contribution in [1.82, 2.24) is 10.2 Å². The normalized spacial score (nSPS) is 18.2. The van der Waals surface area contributed by atoms with Crippen molar-refractivity contribution in [2.45, 2.75) is 18.9 Å². The lowest BCUT2D eigenvalue weighted by molar-refractivity contribution is -0.131. The Balaban J connectivity index is 1.60.